The fourth-order valence-electron chi connectivity index (χ4n) is 1.44. The Balaban J connectivity index is 1.93. The van der Waals surface area contributed by atoms with Gasteiger partial charge in [0.05, 0.1) is 10.9 Å². The zero-order chi connectivity index (χ0) is 10.5. The molecular weight excluding hydrogens is 244 g/mol. The fraction of sp³-hybridized carbons (Fsp3) is 0.700. The molecule has 1 saturated heterocycles. The van der Waals surface area contributed by atoms with Crippen molar-refractivity contribution < 1.29 is 0 Å². The number of nitrogens with zero attached hydrogens (tertiary/aromatic N) is 1. The minimum Gasteiger partial charge on any atom is -0.311 e. The number of rotatable bonds is 4. The summed E-state index contributed by atoms with van der Waals surface area (Å²) in [7, 11) is 0. The van der Waals surface area contributed by atoms with Crippen molar-refractivity contribution in [3.8, 4) is 0 Å². The van der Waals surface area contributed by atoms with Gasteiger partial charge >= 0.3 is 0 Å². The third-order valence-corrected chi connectivity index (χ3v) is 6.14. The van der Waals surface area contributed by atoms with E-state index in [0.717, 1.165) is 13.1 Å². The molecule has 1 unspecified atom stereocenters. The van der Waals surface area contributed by atoms with Crippen LogP contribution in [0.25, 0.3) is 0 Å². The highest BCUT2D eigenvalue weighted by molar-refractivity contribution is 8.06. The smallest absolute Gasteiger partial charge is 0.107 e. The molecular formula is C10H16N2S3. The van der Waals surface area contributed by atoms with Gasteiger partial charge in [-0.1, -0.05) is 6.92 Å². The number of thiazole rings is 1. The highest BCUT2D eigenvalue weighted by Gasteiger charge is 2.19. The summed E-state index contributed by atoms with van der Waals surface area (Å²) in [5.41, 5.74) is 1.20. The van der Waals surface area contributed by atoms with E-state index in [0.29, 0.717) is 5.25 Å². The molecule has 0 amide bonds. The van der Waals surface area contributed by atoms with Gasteiger partial charge in [0.1, 0.15) is 5.01 Å². The lowest BCUT2D eigenvalue weighted by atomic mass is 10.4. The Morgan fingerprint density at radius 2 is 2.47 bits per heavy atom. The van der Waals surface area contributed by atoms with Crippen LogP contribution in [0.5, 0.6) is 0 Å². The molecule has 0 saturated carbocycles. The molecule has 2 rings (SSSR count). The van der Waals surface area contributed by atoms with Crippen LogP contribution in [0.3, 0.4) is 0 Å². The van der Waals surface area contributed by atoms with E-state index in [1.54, 1.807) is 0 Å². The van der Waals surface area contributed by atoms with E-state index >= 15 is 0 Å². The van der Waals surface area contributed by atoms with Crippen molar-refractivity contribution in [3.05, 3.63) is 16.1 Å². The minimum atomic E-state index is 0.643. The van der Waals surface area contributed by atoms with Gasteiger partial charge in [-0.3, -0.25) is 0 Å². The lowest BCUT2D eigenvalue weighted by molar-refractivity contribution is 0.712. The van der Waals surface area contributed by atoms with E-state index in [2.05, 4.69) is 41.1 Å². The molecule has 1 aromatic heterocycles. The van der Waals surface area contributed by atoms with Gasteiger partial charge in [0, 0.05) is 29.2 Å². The van der Waals surface area contributed by atoms with Crippen LogP contribution < -0.4 is 5.32 Å². The Bertz CT molecular complexity index is 295. The van der Waals surface area contributed by atoms with Crippen LogP contribution in [0.4, 0.5) is 0 Å². The van der Waals surface area contributed by atoms with Crippen molar-refractivity contribution in [3.63, 3.8) is 0 Å². The average Bonchev–Trinajstić information content (AvgIpc) is 2.76. The van der Waals surface area contributed by atoms with Crippen LogP contribution in [-0.4, -0.2) is 28.8 Å². The summed E-state index contributed by atoms with van der Waals surface area (Å²) in [4.78, 5) is 4.69. The summed E-state index contributed by atoms with van der Waals surface area (Å²) < 4.78 is 0. The molecule has 1 fully saturated rings. The standard InChI is InChI=1S/C10H16N2S3/c1-2-11-5-8-6-15-10(12-8)9-7-13-3-4-14-9/h6,9,11H,2-5,7H2,1H3. The Morgan fingerprint density at radius 3 is 3.20 bits per heavy atom. The second kappa shape index (κ2) is 6.13. The molecule has 1 aromatic rings. The van der Waals surface area contributed by atoms with E-state index in [1.807, 2.05) is 11.3 Å². The lowest BCUT2D eigenvalue weighted by Gasteiger charge is -2.18. The van der Waals surface area contributed by atoms with Gasteiger partial charge in [-0.25, -0.2) is 4.98 Å². The van der Waals surface area contributed by atoms with Crippen molar-refractivity contribution in [2.45, 2.75) is 18.7 Å². The SMILES string of the molecule is CCNCc1csc(C2CSCCS2)n1. The Labute approximate surface area is 104 Å². The summed E-state index contributed by atoms with van der Waals surface area (Å²) in [6, 6.07) is 0. The third-order valence-electron chi connectivity index (χ3n) is 2.22. The predicted octanol–water partition coefficient (Wildman–Crippen LogP) is 2.77. The first-order valence-electron chi connectivity index (χ1n) is 5.24. The maximum Gasteiger partial charge on any atom is 0.107 e. The maximum absolute atomic E-state index is 4.69. The Hall–Kier alpha value is 0.290. The largest absolute Gasteiger partial charge is 0.311 e. The molecule has 2 heterocycles. The summed E-state index contributed by atoms with van der Waals surface area (Å²) in [5.74, 6) is 3.81. The molecule has 15 heavy (non-hydrogen) atoms. The van der Waals surface area contributed by atoms with E-state index in [4.69, 9.17) is 4.98 Å². The van der Waals surface area contributed by atoms with E-state index < -0.39 is 0 Å². The van der Waals surface area contributed by atoms with Crippen LogP contribution in [0, 0.1) is 0 Å². The fourth-order valence-corrected chi connectivity index (χ4v) is 5.26. The van der Waals surface area contributed by atoms with Crippen LogP contribution in [0.1, 0.15) is 22.9 Å². The van der Waals surface area contributed by atoms with Crippen LogP contribution in [-0.2, 0) is 6.54 Å². The first kappa shape index (κ1) is 11.8. The average molecular weight is 260 g/mol. The summed E-state index contributed by atoms with van der Waals surface area (Å²) in [5, 5.41) is 7.47. The van der Waals surface area contributed by atoms with Crippen molar-refractivity contribution in [2.75, 3.05) is 23.8 Å². The zero-order valence-electron chi connectivity index (χ0n) is 8.86. The first-order chi connectivity index (χ1) is 7.40. The Morgan fingerprint density at radius 1 is 1.53 bits per heavy atom. The molecule has 2 nitrogen and oxygen atoms in total. The van der Waals surface area contributed by atoms with Crippen LogP contribution >= 0.6 is 34.9 Å². The lowest BCUT2D eigenvalue weighted by Crippen LogP contribution is -2.12. The van der Waals surface area contributed by atoms with Crippen LogP contribution in [0.15, 0.2) is 5.38 Å². The second-order valence-electron chi connectivity index (χ2n) is 3.39. The summed E-state index contributed by atoms with van der Waals surface area (Å²) in [6.07, 6.45) is 0. The molecule has 5 heteroatoms. The predicted molar refractivity (Wildman–Crippen MR) is 72.0 cm³/mol. The topological polar surface area (TPSA) is 24.9 Å². The number of thioether (sulfide) groups is 2. The second-order valence-corrected chi connectivity index (χ2v) is 6.74. The van der Waals surface area contributed by atoms with Gasteiger partial charge in [-0.2, -0.15) is 11.8 Å². The van der Waals surface area contributed by atoms with Crippen molar-refractivity contribution in [2.24, 2.45) is 0 Å². The van der Waals surface area contributed by atoms with Crippen molar-refractivity contribution in [1.29, 1.82) is 0 Å². The molecule has 1 aliphatic heterocycles. The normalized spacial score (nSPS) is 21.8. The highest BCUT2D eigenvalue weighted by Crippen LogP contribution is 2.37. The number of nitrogens with one attached hydrogen (secondary N) is 1. The monoisotopic (exact) mass is 260 g/mol. The van der Waals surface area contributed by atoms with Gasteiger partial charge in [0.15, 0.2) is 0 Å². The van der Waals surface area contributed by atoms with Crippen molar-refractivity contribution in [1.82, 2.24) is 10.3 Å². The van der Waals surface area contributed by atoms with Crippen molar-refractivity contribution >= 4 is 34.9 Å². The summed E-state index contributed by atoms with van der Waals surface area (Å²) >= 11 is 5.94. The van der Waals surface area contributed by atoms with Gasteiger partial charge in [-0.05, 0) is 6.54 Å². The minimum absolute atomic E-state index is 0.643. The molecule has 0 aromatic carbocycles. The number of hydrogen-bond donors (Lipinski definition) is 1. The highest BCUT2D eigenvalue weighted by atomic mass is 32.2. The van der Waals surface area contributed by atoms with Gasteiger partial charge < -0.3 is 5.32 Å². The third kappa shape index (κ3) is 3.37. The molecule has 0 bridgehead atoms. The quantitative estimate of drug-likeness (QED) is 0.900. The van der Waals surface area contributed by atoms with E-state index in [9.17, 15) is 0 Å². The molecule has 1 atom stereocenters. The van der Waals surface area contributed by atoms with E-state index in [-0.39, 0.29) is 0 Å². The first-order valence-corrected chi connectivity index (χ1v) is 8.33. The van der Waals surface area contributed by atoms with Gasteiger partial charge in [-0.15, -0.1) is 23.1 Å². The Kier molecular flexibility index (Phi) is 4.81. The zero-order valence-corrected chi connectivity index (χ0v) is 11.3. The summed E-state index contributed by atoms with van der Waals surface area (Å²) in [6.45, 7) is 4.05. The van der Waals surface area contributed by atoms with Gasteiger partial charge in [0.2, 0.25) is 0 Å². The van der Waals surface area contributed by atoms with Crippen LogP contribution in [0.2, 0.25) is 0 Å². The molecule has 1 aliphatic rings. The number of hydrogen-bond acceptors (Lipinski definition) is 5. The maximum atomic E-state index is 4.69. The number of aromatic nitrogens is 1. The van der Waals surface area contributed by atoms with Gasteiger partial charge in [0.25, 0.3) is 0 Å². The molecule has 0 radical (unpaired) electrons. The van der Waals surface area contributed by atoms with E-state index in [1.165, 1.54) is 28.0 Å². The molecule has 0 spiro atoms. The molecule has 1 N–H and O–H groups in total. The molecule has 84 valence electrons. The molecule has 0 aliphatic carbocycles.